The SMILES string of the molecule is CCOC(=O)[C@]1([C@@H]2CC(=O)N(c3ccc(OC)cc3)C2=O)C(=O)N(C)c2ccccc21. The zero-order valence-corrected chi connectivity index (χ0v) is 17.5. The van der Waals surface area contributed by atoms with Gasteiger partial charge in [-0.1, -0.05) is 18.2 Å². The quantitative estimate of drug-likeness (QED) is 0.416. The molecule has 4 rings (SSSR count). The second-order valence-electron chi connectivity index (χ2n) is 7.43. The summed E-state index contributed by atoms with van der Waals surface area (Å²) in [4.78, 5) is 55.6. The van der Waals surface area contributed by atoms with Crippen LogP contribution >= 0.6 is 0 Å². The number of rotatable bonds is 5. The maximum absolute atomic E-state index is 13.5. The molecule has 31 heavy (non-hydrogen) atoms. The van der Waals surface area contributed by atoms with Crippen molar-refractivity contribution in [2.75, 3.05) is 30.6 Å². The topological polar surface area (TPSA) is 93.2 Å². The number of amides is 3. The Balaban J connectivity index is 1.84. The van der Waals surface area contributed by atoms with Crippen LogP contribution in [0.15, 0.2) is 48.5 Å². The van der Waals surface area contributed by atoms with E-state index in [9.17, 15) is 19.2 Å². The van der Waals surface area contributed by atoms with Gasteiger partial charge in [0.2, 0.25) is 17.7 Å². The standard InChI is InChI=1S/C23H22N2O6/c1-4-31-22(29)23(16-7-5-6-8-18(16)24(2)21(23)28)17-13-19(26)25(20(17)27)14-9-11-15(30-3)12-10-14/h5-12,17H,4,13H2,1-3H3/t17-,23-/m1/s1. The lowest BCUT2D eigenvalue weighted by Crippen LogP contribution is -2.54. The Labute approximate surface area is 179 Å². The number of carbonyl (C=O) groups is 4. The fourth-order valence-corrected chi connectivity index (χ4v) is 4.48. The van der Waals surface area contributed by atoms with Crippen LogP contribution in [-0.4, -0.2) is 44.5 Å². The Bertz CT molecular complexity index is 1080. The van der Waals surface area contributed by atoms with Crippen LogP contribution in [0.1, 0.15) is 18.9 Å². The molecule has 8 heteroatoms. The summed E-state index contributed by atoms with van der Waals surface area (Å²) in [5, 5.41) is 0. The highest BCUT2D eigenvalue weighted by Crippen LogP contribution is 2.50. The summed E-state index contributed by atoms with van der Waals surface area (Å²) >= 11 is 0. The second-order valence-corrected chi connectivity index (χ2v) is 7.43. The summed E-state index contributed by atoms with van der Waals surface area (Å²) in [5.41, 5.74) is -0.660. The van der Waals surface area contributed by atoms with Gasteiger partial charge in [0.15, 0.2) is 5.41 Å². The number of imide groups is 1. The fraction of sp³-hybridized carbons (Fsp3) is 0.304. The number of fused-ring (bicyclic) bond motifs is 1. The zero-order chi connectivity index (χ0) is 22.3. The van der Waals surface area contributed by atoms with Gasteiger partial charge in [0.05, 0.1) is 25.3 Å². The molecular formula is C23H22N2O6. The highest BCUT2D eigenvalue weighted by molar-refractivity contribution is 6.29. The molecule has 2 aromatic carbocycles. The van der Waals surface area contributed by atoms with Crippen LogP contribution in [0.2, 0.25) is 0 Å². The Morgan fingerprint density at radius 1 is 1.10 bits per heavy atom. The lowest BCUT2D eigenvalue weighted by atomic mass is 9.70. The van der Waals surface area contributed by atoms with Gasteiger partial charge in [0, 0.05) is 24.7 Å². The first-order valence-corrected chi connectivity index (χ1v) is 9.93. The highest BCUT2D eigenvalue weighted by Gasteiger charge is 2.66. The predicted molar refractivity (Wildman–Crippen MR) is 112 cm³/mol. The third kappa shape index (κ3) is 2.82. The number of hydrogen-bond donors (Lipinski definition) is 0. The third-order valence-corrected chi connectivity index (χ3v) is 5.93. The van der Waals surface area contributed by atoms with E-state index in [4.69, 9.17) is 9.47 Å². The minimum Gasteiger partial charge on any atom is -0.497 e. The molecule has 2 aromatic rings. The summed E-state index contributed by atoms with van der Waals surface area (Å²) in [6, 6.07) is 13.2. The minimum atomic E-state index is -1.91. The molecule has 3 amide bonds. The smallest absolute Gasteiger partial charge is 0.327 e. The number of para-hydroxylation sites is 1. The number of methoxy groups -OCH3 is 1. The van der Waals surface area contributed by atoms with Crippen molar-refractivity contribution in [1.29, 1.82) is 0 Å². The Morgan fingerprint density at radius 3 is 2.42 bits per heavy atom. The minimum absolute atomic E-state index is 0.0385. The van der Waals surface area contributed by atoms with Gasteiger partial charge in [-0.3, -0.25) is 24.1 Å². The molecule has 0 aromatic heterocycles. The van der Waals surface area contributed by atoms with E-state index in [-0.39, 0.29) is 13.0 Å². The Hall–Kier alpha value is -3.68. The summed E-state index contributed by atoms with van der Waals surface area (Å²) in [5.74, 6) is -3.12. The summed E-state index contributed by atoms with van der Waals surface area (Å²) in [7, 11) is 3.06. The van der Waals surface area contributed by atoms with E-state index < -0.39 is 35.0 Å². The average Bonchev–Trinajstić information content (AvgIpc) is 3.19. The molecule has 2 aliphatic heterocycles. The number of carbonyl (C=O) groups excluding carboxylic acids is 4. The Morgan fingerprint density at radius 2 is 1.77 bits per heavy atom. The van der Waals surface area contributed by atoms with Crippen molar-refractivity contribution in [2.45, 2.75) is 18.8 Å². The van der Waals surface area contributed by atoms with Gasteiger partial charge in [-0.05, 0) is 37.3 Å². The van der Waals surface area contributed by atoms with E-state index in [0.717, 1.165) is 4.90 Å². The molecule has 0 N–H and O–H groups in total. The monoisotopic (exact) mass is 422 g/mol. The van der Waals surface area contributed by atoms with Crippen molar-refractivity contribution in [3.63, 3.8) is 0 Å². The van der Waals surface area contributed by atoms with Gasteiger partial charge >= 0.3 is 5.97 Å². The largest absolute Gasteiger partial charge is 0.497 e. The molecule has 1 saturated heterocycles. The zero-order valence-electron chi connectivity index (χ0n) is 17.5. The van der Waals surface area contributed by atoms with E-state index in [2.05, 4.69) is 0 Å². The van der Waals surface area contributed by atoms with Gasteiger partial charge in [-0.15, -0.1) is 0 Å². The lowest BCUT2D eigenvalue weighted by molar-refractivity contribution is -0.158. The van der Waals surface area contributed by atoms with Gasteiger partial charge in [-0.2, -0.15) is 0 Å². The van der Waals surface area contributed by atoms with E-state index in [0.29, 0.717) is 22.7 Å². The van der Waals surface area contributed by atoms with Crippen molar-refractivity contribution in [3.05, 3.63) is 54.1 Å². The molecule has 0 aliphatic carbocycles. The normalized spacial score (nSPS) is 22.7. The average molecular weight is 422 g/mol. The summed E-state index contributed by atoms with van der Waals surface area (Å²) in [6.45, 7) is 1.67. The molecule has 1 fully saturated rings. The van der Waals surface area contributed by atoms with Gasteiger partial charge in [0.1, 0.15) is 5.75 Å². The molecule has 160 valence electrons. The van der Waals surface area contributed by atoms with Crippen molar-refractivity contribution in [3.8, 4) is 5.75 Å². The molecule has 2 atom stereocenters. The highest BCUT2D eigenvalue weighted by atomic mass is 16.5. The molecule has 0 bridgehead atoms. The number of anilines is 2. The number of esters is 1. The lowest BCUT2D eigenvalue weighted by Gasteiger charge is -2.30. The van der Waals surface area contributed by atoms with Gasteiger partial charge in [-0.25, -0.2) is 0 Å². The molecular weight excluding hydrogens is 400 g/mol. The van der Waals surface area contributed by atoms with Crippen LogP contribution in [0.3, 0.4) is 0 Å². The van der Waals surface area contributed by atoms with E-state index in [1.54, 1.807) is 62.5 Å². The van der Waals surface area contributed by atoms with Crippen LogP contribution in [0.25, 0.3) is 0 Å². The molecule has 2 aliphatic rings. The van der Waals surface area contributed by atoms with Crippen LogP contribution < -0.4 is 14.5 Å². The number of ether oxygens (including phenoxy) is 2. The molecule has 0 spiro atoms. The van der Waals surface area contributed by atoms with Crippen molar-refractivity contribution in [1.82, 2.24) is 0 Å². The van der Waals surface area contributed by atoms with Crippen LogP contribution in [0.4, 0.5) is 11.4 Å². The Kier molecular flexibility index (Phi) is 5.00. The predicted octanol–water partition coefficient (Wildman–Crippen LogP) is 2.05. The van der Waals surface area contributed by atoms with Crippen LogP contribution in [0.5, 0.6) is 5.75 Å². The van der Waals surface area contributed by atoms with Gasteiger partial charge < -0.3 is 14.4 Å². The van der Waals surface area contributed by atoms with E-state index in [1.807, 2.05) is 0 Å². The molecule has 2 heterocycles. The fourth-order valence-electron chi connectivity index (χ4n) is 4.48. The first-order chi connectivity index (χ1) is 14.9. The van der Waals surface area contributed by atoms with Crippen molar-refractivity contribution < 1.29 is 28.7 Å². The van der Waals surface area contributed by atoms with Crippen molar-refractivity contribution >= 4 is 35.1 Å². The maximum atomic E-state index is 13.5. The first-order valence-electron chi connectivity index (χ1n) is 9.93. The number of nitrogens with zero attached hydrogens (tertiary/aromatic N) is 2. The van der Waals surface area contributed by atoms with Crippen LogP contribution in [0, 0.1) is 5.92 Å². The van der Waals surface area contributed by atoms with Crippen LogP contribution in [-0.2, 0) is 29.3 Å². The molecule has 8 nitrogen and oxygen atoms in total. The number of benzene rings is 2. The summed E-state index contributed by atoms with van der Waals surface area (Å²) < 4.78 is 10.4. The number of hydrogen-bond acceptors (Lipinski definition) is 6. The van der Waals surface area contributed by atoms with Crippen molar-refractivity contribution in [2.24, 2.45) is 5.92 Å². The number of likely N-dealkylation sites (N-methyl/N-ethyl adjacent to an activating group) is 1. The molecule has 0 radical (unpaired) electrons. The van der Waals surface area contributed by atoms with Gasteiger partial charge in [0.25, 0.3) is 0 Å². The maximum Gasteiger partial charge on any atom is 0.327 e. The molecule has 0 saturated carbocycles. The van der Waals surface area contributed by atoms with E-state index >= 15 is 0 Å². The molecule has 0 unspecified atom stereocenters. The third-order valence-electron chi connectivity index (χ3n) is 5.93. The van der Waals surface area contributed by atoms with E-state index in [1.165, 1.54) is 12.0 Å². The summed E-state index contributed by atoms with van der Waals surface area (Å²) in [6.07, 6.45) is -0.280. The second kappa shape index (κ2) is 7.54. The first kappa shape index (κ1) is 20.6.